The molecule has 1 aliphatic carbocycles. The van der Waals surface area contributed by atoms with Crippen molar-refractivity contribution in [2.24, 2.45) is 0 Å². The highest BCUT2D eigenvalue weighted by Gasteiger charge is 2.41. The average molecular weight is 481 g/mol. The zero-order valence-corrected chi connectivity index (χ0v) is 20.5. The number of dihydropyridines is 1. The maximum absolute atomic E-state index is 13.7. The molecule has 2 atom stereocenters. The van der Waals surface area contributed by atoms with Gasteiger partial charge in [0, 0.05) is 40.9 Å². The molecule has 182 valence electrons. The van der Waals surface area contributed by atoms with Crippen LogP contribution in [0.4, 0.5) is 5.82 Å². The Hall–Kier alpha value is -4.26. The number of aryl methyl sites for hydroxylation is 1. The lowest BCUT2D eigenvalue weighted by Gasteiger charge is -2.36. The maximum Gasteiger partial charge on any atom is 0.255 e. The van der Waals surface area contributed by atoms with Gasteiger partial charge in [-0.3, -0.25) is 14.6 Å². The number of amides is 1. The molecule has 0 radical (unpaired) electrons. The average Bonchev–Trinajstić information content (AvgIpc) is 2.88. The minimum absolute atomic E-state index is 0.0201. The summed E-state index contributed by atoms with van der Waals surface area (Å²) in [6.07, 6.45) is 2.73. The van der Waals surface area contributed by atoms with E-state index < -0.39 is 5.92 Å². The molecule has 0 spiro atoms. The predicted molar refractivity (Wildman–Crippen MR) is 137 cm³/mol. The first-order valence-corrected chi connectivity index (χ1v) is 12.0. The number of nitrogens with zero attached hydrogens (tertiary/aromatic N) is 2. The van der Waals surface area contributed by atoms with Crippen LogP contribution in [0.15, 0.2) is 89.4 Å². The fourth-order valence-corrected chi connectivity index (χ4v) is 5.09. The third kappa shape index (κ3) is 4.52. The van der Waals surface area contributed by atoms with Crippen molar-refractivity contribution in [3.63, 3.8) is 0 Å². The zero-order chi connectivity index (χ0) is 25.2. The molecule has 0 fully saturated rings. The molecule has 2 aromatic heterocycles. The molecule has 1 amide bonds. The summed E-state index contributed by atoms with van der Waals surface area (Å²) in [4.78, 5) is 36.2. The van der Waals surface area contributed by atoms with E-state index in [0.717, 1.165) is 22.7 Å². The van der Waals surface area contributed by atoms with Crippen molar-refractivity contribution in [1.82, 2.24) is 15.3 Å². The fourth-order valence-electron chi connectivity index (χ4n) is 5.09. The molecule has 5 rings (SSSR count). The molecule has 1 aromatic carbocycles. The van der Waals surface area contributed by atoms with Crippen LogP contribution >= 0.6 is 0 Å². The van der Waals surface area contributed by atoms with Gasteiger partial charge in [0.25, 0.3) is 5.91 Å². The lowest BCUT2D eigenvalue weighted by atomic mass is 9.72. The Kier molecular flexibility index (Phi) is 6.38. The Bertz CT molecular complexity index is 1380. The highest BCUT2D eigenvalue weighted by atomic mass is 16.5. The number of benzene rings is 1. The van der Waals surface area contributed by atoms with E-state index in [-0.39, 0.29) is 17.6 Å². The summed E-state index contributed by atoms with van der Waals surface area (Å²) in [5, 5.41) is 6.32. The quantitative estimate of drug-likeness (QED) is 0.545. The predicted octanol–water partition coefficient (Wildman–Crippen LogP) is 4.79. The van der Waals surface area contributed by atoms with Gasteiger partial charge in [-0.05, 0) is 68.1 Å². The van der Waals surface area contributed by atoms with Crippen LogP contribution < -0.4 is 15.4 Å². The monoisotopic (exact) mass is 480 g/mol. The van der Waals surface area contributed by atoms with Gasteiger partial charge in [0.2, 0.25) is 0 Å². The number of aromatic nitrogens is 2. The van der Waals surface area contributed by atoms with E-state index in [9.17, 15) is 9.59 Å². The Morgan fingerprint density at radius 3 is 2.53 bits per heavy atom. The molecule has 0 saturated heterocycles. The summed E-state index contributed by atoms with van der Waals surface area (Å²) >= 11 is 0. The minimum Gasteiger partial charge on any atom is -0.497 e. The number of methoxy groups -OCH3 is 1. The third-order valence-corrected chi connectivity index (χ3v) is 6.77. The Morgan fingerprint density at radius 1 is 1.03 bits per heavy atom. The van der Waals surface area contributed by atoms with Crippen LogP contribution in [0.25, 0.3) is 0 Å². The van der Waals surface area contributed by atoms with Crippen LogP contribution in [0.3, 0.4) is 0 Å². The van der Waals surface area contributed by atoms with E-state index in [1.165, 1.54) is 0 Å². The molecule has 36 heavy (non-hydrogen) atoms. The second-order valence-corrected chi connectivity index (χ2v) is 9.16. The van der Waals surface area contributed by atoms with Gasteiger partial charge in [0.05, 0.1) is 18.7 Å². The smallest absolute Gasteiger partial charge is 0.255 e. The van der Waals surface area contributed by atoms with Gasteiger partial charge in [-0.25, -0.2) is 4.98 Å². The zero-order valence-electron chi connectivity index (χ0n) is 20.5. The topological polar surface area (TPSA) is 93.2 Å². The normalized spacial score (nSPS) is 19.5. The van der Waals surface area contributed by atoms with Crippen LogP contribution in [0.2, 0.25) is 0 Å². The molecular formula is C29H28N4O3. The van der Waals surface area contributed by atoms with Crippen LogP contribution in [0.1, 0.15) is 48.6 Å². The van der Waals surface area contributed by atoms with Crippen molar-refractivity contribution >= 4 is 17.5 Å². The molecule has 2 N–H and O–H groups in total. The van der Waals surface area contributed by atoms with E-state index in [2.05, 4.69) is 20.6 Å². The first-order valence-electron chi connectivity index (χ1n) is 12.0. The van der Waals surface area contributed by atoms with Crippen LogP contribution in [-0.4, -0.2) is 28.8 Å². The molecule has 0 saturated carbocycles. The Labute approximate surface area is 210 Å². The lowest BCUT2D eigenvalue weighted by Crippen LogP contribution is -2.37. The van der Waals surface area contributed by atoms with Crippen molar-refractivity contribution < 1.29 is 14.3 Å². The summed E-state index contributed by atoms with van der Waals surface area (Å²) in [7, 11) is 1.64. The first-order chi connectivity index (χ1) is 17.4. The van der Waals surface area contributed by atoms with Crippen molar-refractivity contribution in [2.45, 2.75) is 38.5 Å². The summed E-state index contributed by atoms with van der Waals surface area (Å²) in [5.74, 6) is 0.450. The summed E-state index contributed by atoms with van der Waals surface area (Å²) in [6.45, 7) is 3.75. The fraction of sp³-hybridized carbons (Fsp3) is 0.241. The van der Waals surface area contributed by atoms with Gasteiger partial charge >= 0.3 is 0 Å². The van der Waals surface area contributed by atoms with Gasteiger partial charge in [0.1, 0.15) is 11.6 Å². The summed E-state index contributed by atoms with van der Waals surface area (Å²) in [6, 6.07) is 18.9. The summed E-state index contributed by atoms with van der Waals surface area (Å²) < 4.78 is 5.28. The molecular weight excluding hydrogens is 452 g/mol. The number of hydrogen-bond acceptors (Lipinski definition) is 6. The second-order valence-electron chi connectivity index (χ2n) is 9.16. The van der Waals surface area contributed by atoms with Crippen molar-refractivity contribution in [3.05, 3.63) is 106 Å². The number of carbonyl (C=O) groups is 2. The lowest BCUT2D eigenvalue weighted by molar-refractivity contribution is -0.116. The maximum atomic E-state index is 13.7. The number of ketones is 1. The van der Waals surface area contributed by atoms with Crippen LogP contribution in [-0.2, 0) is 9.59 Å². The van der Waals surface area contributed by atoms with E-state index in [4.69, 9.17) is 4.74 Å². The third-order valence-electron chi connectivity index (χ3n) is 6.77. The number of pyridine rings is 2. The molecule has 2 aliphatic rings. The second kappa shape index (κ2) is 9.77. The van der Waals surface area contributed by atoms with Crippen molar-refractivity contribution in [3.8, 4) is 5.75 Å². The Morgan fingerprint density at radius 2 is 1.83 bits per heavy atom. The number of anilines is 1. The van der Waals surface area contributed by atoms with Crippen LogP contribution in [0, 0.1) is 6.92 Å². The van der Waals surface area contributed by atoms with E-state index >= 15 is 0 Å². The van der Waals surface area contributed by atoms with Gasteiger partial charge in [0.15, 0.2) is 5.78 Å². The van der Waals surface area contributed by atoms with E-state index in [1.54, 1.807) is 19.4 Å². The molecule has 7 heteroatoms. The van der Waals surface area contributed by atoms with Gasteiger partial charge in [-0.2, -0.15) is 0 Å². The molecule has 0 bridgehead atoms. The Balaban J connectivity index is 1.52. The minimum atomic E-state index is -0.559. The number of carbonyl (C=O) groups excluding carboxylic acids is 2. The number of allylic oxidation sites excluding steroid dienone is 3. The molecule has 0 unspecified atom stereocenters. The first kappa shape index (κ1) is 23.5. The molecule has 3 aromatic rings. The molecule has 1 aliphatic heterocycles. The van der Waals surface area contributed by atoms with Crippen LogP contribution in [0.5, 0.6) is 5.75 Å². The molecule has 3 heterocycles. The van der Waals surface area contributed by atoms with Crippen molar-refractivity contribution in [1.29, 1.82) is 0 Å². The highest BCUT2D eigenvalue weighted by Crippen LogP contribution is 2.45. The highest BCUT2D eigenvalue weighted by molar-refractivity contribution is 6.09. The van der Waals surface area contributed by atoms with Gasteiger partial charge in [-0.15, -0.1) is 0 Å². The van der Waals surface area contributed by atoms with Gasteiger partial charge in [-0.1, -0.05) is 24.3 Å². The summed E-state index contributed by atoms with van der Waals surface area (Å²) in [5.41, 5.74) is 5.22. The van der Waals surface area contributed by atoms with Crippen molar-refractivity contribution in [2.75, 3.05) is 12.4 Å². The SMILES string of the molecule is COc1ccc([C@@H]2CC(=O)C3=C(C2)NC(C)=C(C(=O)Nc2cccc(C)n2)[C@@H]3c2ccccn2)cc1. The molecule has 7 nitrogen and oxygen atoms in total. The largest absolute Gasteiger partial charge is 0.497 e. The van der Waals surface area contributed by atoms with E-state index in [0.29, 0.717) is 41.2 Å². The number of hydrogen-bond donors (Lipinski definition) is 2. The number of ether oxygens (including phenoxy) is 1. The van der Waals surface area contributed by atoms with Gasteiger partial charge < -0.3 is 15.4 Å². The van der Waals surface area contributed by atoms with E-state index in [1.807, 2.05) is 68.4 Å². The number of nitrogens with one attached hydrogen (secondary N) is 2. The number of rotatable bonds is 5. The number of Topliss-reactive ketones (excluding diaryl/α,β-unsaturated/α-hetero) is 1. The standard InChI is InChI=1S/C29H28N4O3/c1-17-7-6-9-25(31-17)33-29(35)26-18(2)32-23-15-20(19-10-12-21(36-3)13-11-19)16-24(34)27(23)28(26)22-8-4-5-14-30-22/h4-14,20,28,32H,15-16H2,1-3H3,(H,31,33,35)/t20-,28-/m0/s1.